The van der Waals surface area contributed by atoms with E-state index in [0.717, 1.165) is 12.8 Å². The van der Waals surface area contributed by atoms with Gasteiger partial charge in [0, 0.05) is 6.42 Å². The Morgan fingerprint density at radius 3 is 2.37 bits per heavy atom. The molecule has 1 saturated heterocycles. The Morgan fingerprint density at radius 1 is 1.32 bits per heavy atom. The lowest BCUT2D eigenvalue weighted by molar-refractivity contribution is -0.159. The van der Waals surface area contributed by atoms with Gasteiger partial charge in [-0.05, 0) is 53.3 Å². The molecule has 0 aliphatic carbocycles. The number of rotatable bonds is 6. The summed E-state index contributed by atoms with van der Waals surface area (Å²) in [7, 11) is -1.55. The highest BCUT2D eigenvalue weighted by Gasteiger charge is 2.42. The first-order valence-electron chi connectivity index (χ1n) is 7.01. The van der Waals surface area contributed by atoms with E-state index in [1.165, 1.54) is 0 Å². The van der Waals surface area contributed by atoms with E-state index in [1.807, 2.05) is 13.8 Å². The quantitative estimate of drug-likeness (QED) is 0.551. The molecule has 0 saturated carbocycles. The van der Waals surface area contributed by atoms with Crippen molar-refractivity contribution in [3.8, 4) is 12.3 Å². The summed E-state index contributed by atoms with van der Waals surface area (Å²) in [4.78, 5) is 0. The highest BCUT2D eigenvalue weighted by Crippen LogP contribution is 2.34. The predicted molar refractivity (Wildman–Crippen MR) is 80.4 cm³/mol. The summed E-state index contributed by atoms with van der Waals surface area (Å²) >= 11 is 0. The van der Waals surface area contributed by atoms with E-state index < -0.39 is 14.1 Å². The maximum Gasteiger partial charge on any atom is 0.184 e. The Balaban J connectivity index is 2.51. The molecule has 19 heavy (non-hydrogen) atoms. The van der Waals surface area contributed by atoms with Gasteiger partial charge in [-0.15, -0.1) is 12.3 Å². The van der Waals surface area contributed by atoms with Crippen LogP contribution in [0.25, 0.3) is 0 Å². The van der Waals surface area contributed by atoms with Gasteiger partial charge in [0.15, 0.2) is 14.1 Å². The molecule has 1 rings (SSSR count). The topological polar surface area (TPSA) is 27.7 Å². The van der Waals surface area contributed by atoms with Gasteiger partial charge < -0.3 is 13.9 Å². The van der Waals surface area contributed by atoms with Crippen LogP contribution in [0.15, 0.2) is 0 Å². The summed E-state index contributed by atoms with van der Waals surface area (Å²) in [5.74, 6) is 2.24. The highest BCUT2D eigenvalue weighted by atomic mass is 28.4. The van der Waals surface area contributed by atoms with Gasteiger partial charge in [-0.3, -0.25) is 0 Å². The molecule has 1 heterocycles. The third kappa shape index (κ3) is 6.09. The number of ether oxygens (including phenoxy) is 2. The van der Waals surface area contributed by atoms with Gasteiger partial charge in [0.2, 0.25) is 0 Å². The van der Waals surface area contributed by atoms with Crippen LogP contribution < -0.4 is 0 Å². The van der Waals surface area contributed by atoms with Gasteiger partial charge >= 0.3 is 0 Å². The molecule has 2 unspecified atom stereocenters. The van der Waals surface area contributed by atoms with Crippen molar-refractivity contribution in [2.75, 3.05) is 6.61 Å². The Labute approximate surface area is 119 Å². The standard InChI is InChI=1S/C15H28O3Si/c1-8-9-13(17-19(5,6)7)10-11-15(4)12-16-14(2,3)18-15/h1,13H,9-12H2,2-7H3. The smallest absolute Gasteiger partial charge is 0.184 e. The fourth-order valence-corrected chi connectivity index (χ4v) is 3.60. The van der Waals surface area contributed by atoms with Gasteiger partial charge in [-0.1, -0.05) is 0 Å². The van der Waals surface area contributed by atoms with Crippen LogP contribution in [0, 0.1) is 12.3 Å². The molecule has 110 valence electrons. The molecule has 1 aliphatic heterocycles. The summed E-state index contributed by atoms with van der Waals surface area (Å²) in [6.07, 6.45) is 8.08. The molecule has 4 heteroatoms. The van der Waals surface area contributed by atoms with Crippen LogP contribution in [0.5, 0.6) is 0 Å². The molecule has 0 bridgehead atoms. The molecule has 2 atom stereocenters. The van der Waals surface area contributed by atoms with Gasteiger partial charge in [0.1, 0.15) is 0 Å². The minimum absolute atomic E-state index is 0.140. The van der Waals surface area contributed by atoms with E-state index in [0.29, 0.717) is 13.0 Å². The Kier molecular flexibility index (Phi) is 5.25. The lowest BCUT2D eigenvalue weighted by atomic mass is 9.98. The second-order valence-corrected chi connectivity index (χ2v) is 11.5. The Bertz CT molecular complexity index is 340. The van der Waals surface area contributed by atoms with Crippen molar-refractivity contribution in [3.63, 3.8) is 0 Å². The average molecular weight is 284 g/mol. The molecule has 0 N–H and O–H groups in total. The van der Waals surface area contributed by atoms with Crippen LogP contribution in [-0.4, -0.2) is 32.4 Å². The zero-order chi connectivity index (χ0) is 14.7. The van der Waals surface area contributed by atoms with Crippen molar-refractivity contribution in [2.45, 2.75) is 77.2 Å². The van der Waals surface area contributed by atoms with Gasteiger partial charge in [0.25, 0.3) is 0 Å². The zero-order valence-corrected chi connectivity index (χ0v) is 14.2. The summed E-state index contributed by atoms with van der Waals surface area (Å²) in [5.41, 5.74) is -0.223. The van der Waals surface area contributed by atoms with Crippen molar-refractivity contribution in [1.82, 2.24) is 0 Å². The summed E-state index contributed by atoms with van der Waals surface area (Å²) in [6.45, 7) is 13.2. The van der Waals surface area contributed by atoms with Crippen molar-refractivity contribution in [3.05, 3.63) is 0 Å². The van der Waals surface area contributed by atoms with E-state index in [-0.39, 0.29) is 11.7 Å². The van der Waals surface area contributed by atoms with Gasteiger partial charge in [0.05, 0.1) is 18.3 Å². The first-order valence-corrected chi connectivity index (χ1v) is 10.4. The molecular formula is C15H28O3Si. The minimum atomic E-state index is -1.55. The number of terminal acetylenes is 1. The normalized spacial score (nSPS) is 28.1. The molecule has 0 aromatic rings. The molecule has 0 radical (unpaired) electrons. The van der Waals surface area contributed by atoms with Crippen LogP contribution in [0.2, 0.25) is 19.6 Å². The van der Waals surface area contributed by atoms with Crippen molar-refractivity contribution >= 4 is 8.32 Å². The van der Waals surface area contributed by atoms with Crippen molar-refractivity contribution in [1.29, 1.82) is 0 Å². The first-order chi connectivity index (χ1) is 8.55. The maximum absolute atomic E-state index is 6.14. The monoisotopic (exact) mass is 284 g/mol. The van der Waals surface area contributed by atoms with Gasteiger partial charge in [-0.25, -0.2) is 0 Å². The second kappa shape index (κ2) is 5.97. The fraction of sp³-hybridized carbons (Fsp3) is 0.867. The number of hydrogen-bond donors (Lipinski definition) is 0. The van der Waals surface area contributed by atoms with Crippen molar-refractivity contribution in [2.24, 2.45) is 0 Å². The maximum atomic E-state index is 6.14. The Morgan fingerprint density at radius 2 is 1.95 bits per heavy atom. The molecule has 1 aliphatic rings. The van der Waals surface area contributed by atoms with Crippen molar-refractivity contribution < 1.29 is 13.9 Å². The Hall–Kier alpha value is -0.343. The molecule has 3 nitrogen and oxygen atoms in total. The van der Waals surface area contributed by atoms with E-state index in [2.05, 4.69) is 32.5 Å². The molecule has 0 amide bonds. The summed E-state index contributed by atoms with van der Waals surface area (Å²) in [5, 5.41) is 0. The highest BCUT2D eigenvalue weighted by molar-refractivity contribution is 6.69. The first kappa shape index (κ1) is 16.7. The number of hydrogen-bond acceptors (Lipinski definition) is 3. The van der Waals surface area contributed by atoms with E-state index in [1.54, 1.807) is 0 Å². The van der Waals surface area contributed by atoms with Crippen LogP contribution in [0.4, 0.5) is 0 Å². The third-order valence-electron chi connectivity index (χ3n) is 3.08. The molecule has 0 spiro atoms. The minimum Gasteiger partial charge on any atom is -0.414 e. The second-order valence-electron chi connectivity index (χ2n) is 7.04. The van der Waals surface area contributed by atoms with Gasteiger partial charge in [-0.2, -0.15) is 0 Å². The SMILES string of the molecule is C#CCC(CCC1(C)COC(C)(C)O1)O[Si](C)(C)C. The molecular weight excluding hydrogens is 256 g/mol. The zero-order valence-electron chi connectivity index (χ0n) is 13.2. The average Bonchev–Trinajstić information content (AvgIpc) is 2.49. The van der Waals surface area contributed by atoms with Crippen LogP contribution >= 0.6 is 0 Å². The molecule has 0 aromatic carbocycles. The van der Waals surface area contributed by atoms with Crippen LogP contribution in [0.3, 0.4) is 0 Å². The summed E-state index contributed by atoms with van der Waals surface area (Å²) in [6, 6.07) is 0. The predicted octanol–water partition coefficient (Wildman–Crippen LogP) is 3.55. The van der Waals surface area contributed by atoms with E-state index in [4.69, 9.17) is 20.3 Å². The fourth-order valence-electron chi connectivity index (χ4n) is 2.40. The van der Waals surface area contributed by atoms with Crippen LogP contribution in [-0.2, 0) is 13.9 Å². The lowest BCUT2D eigenvalue weighted by Crippen LogP contribution is -2.35. The largest absolute Gasteiger partial charge is 0.414 e. The lowest BCUT2D eigenvalue weighted by Gasteiger charge is -2.29. The van der Waals surface area contributed by atoms with E-state index in [9.17, 15) is 0 Å². The van der Waals surface area contributed by atoms with E-state index >= 15 is 0 Å². The summed E-state index contributed by atoms with van der Waals surface area (Å²) < 4.78 is 17.8. The molecule has 0 aromatic heterocycles. The molecule has 1 fully saturated rings. The van der Waals surface area contributed by atoms with Crippen LogP contribution in [0.1, 0.15) is 40.0 Å². The third-order valence-corrected chi connectivity index (χ3v) is 4.12.